The van der Waals surface area contributed by atoms with Crippen LogP contribution in [0.1, 0.15) is 52.5 Å². The van der Waals surface area contributed by atoms with Gasteiger partial charge in [0.1, 0.15) is 18.8 Å². The zero-order valence-corrected chi connectivity index (χ0v) is 20.9. The van der Waals surface area contributed by atoms with Gasteiger partial charge in [0.15, 0.2) is 5.76 Å². The van der Waals surface area contributed by atoms with E-state index >= 15 is 0 Å². The standard InChI is InChI=1S/C26H31N5O5/c1-15-20-13-16(19-9-10-31(33)23-22(19)34-11-12-35-23)5-8-21(20)30-24(27-15)28-17-6-7-18(14-17)29-25(32)36-26(2,3)4/h5,8-10,13,17-18,33H,6-7,11-12,14H2,1-4H3,(H,29,32)/t17-,18+/m1/s1. The summed E-state index contributed by atoms with van der Waals surface area (Å²) in [5.41, 5.74) is 2.03. The van der Waals surface area contributed by atoms with Gasteiger partial charge < -0.3 is 19.5 Å². The number of guanidine groups is 1. The Kier molecular flexibility index (Phi) is 6.29. The van der Waals surface area contributed by atoms with Crippen molar-refractivity contribution in [2.45, 2.75) is 64.6 Å². The molecule has 0 saturated heterocycles. The average Bonchev–Trinajstić information content (AvgIpc) is 3.24. The number of alkyl carbamates (subject to hydrolysis) is 1. The molecule has 3 aliphatic heterocycles. The molecule has 2 atom stereocenters. The summed E-state index contributed by atoms with van der Waals surface area (Å²) in [5.74, 6) is 1.24. The highest BCUT2D eigenvalue weighted by molar-refractivity contribution is 6.08. The molecule has 0 aromatic heterocycles. The Hall–Kier alpha value is -3.66. The summed E-state index contributed by atoms with van der Waals surface area (Å²) < 4.78 is 16.7. The average molecular weight is 494 g/mol. The van der Waals surface area contributed by atoms with Crippen molar-refractivity contribution in [1.82, 2.24) is 10.4 Å². The third-order valence-corrected chi connectivity index (χ3v) is 6.21. The molecular formula is C26H31N5O5. The summed E-state index contributed by atoms with van der Waals surface area (Å²) in [5, 5.41) is 15.6. The lowest BCUT2D eigenvalue weighted by molar-refractivity contribution is -0.0927. The van der Waals surface area contributed by atoms with Crippen LogP contribution in [0.2, 0.25) is 0 Å². The first-order valence-electron chi connectivity index (χ1n) is 12.2. The maximum absolute atomic E-state index is 12.1. The molecule has 1 amide bonds. The fourth-order valence-corrected chi connectivity index (χ4v) is 4.62. The minimum atomic E-state index is -0.524. The van der Waals surface area contributed by atoms with Gasteiger partial charge >= 0.3 is 6.09 Å². The number of nitrogens with one attached hydrogen (secondary N) is 1. The van der Waals surface area contributed by atoms with E-state index in [0.29, 0.717) is 24.9 Å². The van der Waals surface area contributed by atoms with Crippen molar-refractivity contribution in [3.63, 3.8) is 0 Å². The lowest BCUT2D eigenvalue weighted by atomic mass is 10.0. The highest BCUT2D eigenvalue weighted by Gasteiger charge is 2.29. The number of carbonyl (C=O) groups is 1. The van der Waals surface area contributed by atoms with Crippen LogP contribution in [0.5, 0.6) is 0 Å². The first-order chi connectivity index (χ1) is 17.2. The van der Waals surface area contributed by atoms with Crippen LogP contribution < -0.4 is 15.9 Å². The SMILES string of the molecule is CC1=NC(=N[C@@H]2CC[C@H](NC(=O)OC(C)(C)C)C2)N=c2ccc(=C3C=CN(O)C4=C3OCCO4)cc21. The van der Waals surface area contributed by atoms with E-state index in [1.807, 2.05) is 45.9 Å². The molecule has 5 rings (SSSR count). The van der Waals surface area contributed by atoms with Crippen LogP contribution >= 0.6 is 0 Å². The molecule has 190 valence electrons. The van der Waals surface area contributed by atoms with E-state index in [-0.39, 0.29) is 18.0 Å². The van der Waals surface area contributed by atoms with Crippen LogP contribution in [0.3, 0.4) is 0 Å². The normalized spacial score (nSPS) is 25.9. The molecule has 0 spiro atoms. The fraction of sp³-hybridized carbons (Fsp3) is 0.462. The van der Waals surface area contributed by atoms with Gasteiger partial charge in [-0.3, -0.25) is 5.21 Å². The van der Waals surface area contributed by atoms with Crippen LogP contribution in [0.15, 0.2) is 57.1 Å². The van der Waals surface area contributed by atoms with Crippen molar-refractivity contribution < 1.29 is 24.2 Å². The maximum Gasteiger partial charge on any atom is 0.407 e. The Bertz CT molecular complexity index is 1320. The van der Waals surface area contributed by atoms with Crippen LogP contribution in [0, 0.1) is 0 Å². The van der Waals surface area contributed by atoms with E-state index in [2.05, 4.69) is 15.3 Å². The largest absolute Gasteiger partial charge is 0.484 e. The highest BCUT2D eigenvalue weighted by atomic mass is 16.6. The van der Waals surface area contributed by atoms with Crippen LogP contribution in [0.4, 0.5) is 4.79 Å². The first-order valence-corrected chi connectivity index (χ1v) is 12.2. The van der Waals surface area contributed by atoms with Crippen molar-refractivity contribution in [1.29, 1.82) is 0 Å². The molecule has 0 bridgehead atoms. The van der Waals surface area contributed by atoms with Gasteiger partial charge in [0.2, 0.25) is 5.96 Å². The zero-order valence-electron chi connectivity index (χ0n) is 20.9. The van der Waals surface area contributed by atoms with Crippen molar-refractivity contribution in [2.75, 3.05) is 13.2 Å². The van der Waals surface area contributed by atoms with Crippen LogP contribution in [-0.4, -0.2) is 58.9 Å². The Balaban J connectivity index is 1.36. The highest BCUT2D eigenvalue weighted by Crippen LogP contribution is 2.28. The van der Waals surface area contributed by atoms with Gasteiger partial charge in [-0.05, 0) is 70.4 Å². The lowest BCUT2D eigenvalue weighted by Gasteiger charge is -2.28. The second kappa shape index (κ2) is 9.42. The number of rotatable bonds is 2. The molecule has 0 unspecified atom stereocenters. The van der Waals surface area contributed by atoms with E-state index in [1.54, 1.807) is 6.08 Å². The third kappa shape index (κ3) is 5.13. The van der Waals surface area contributed by atoms with Crippen LogP contribution in [-0.2, 0) is 14.2 Å². The van der Waals surface area contributed by atoms with E-state index < -0.39 is 11.7 Å². The molecule has 3 heterocycles. The smallest absolute Gasteiger partial charge is 0.407 e. The number of hydrogen-bond donors (Lipinski definition) is 2. The molecule has 0 radical (unpaired) electrons. The van der Waals surface area contributed by atoms with Gasteiger partial charge in [0.05, 0.1) is 17.1 Å². The Morgan fingerprint density at radius 2 is 2.03 bits per heavy atom. The van der Waals surface area contributed by atoms with Gasteiger partial charge in [-0.25, -0.2) is 19.8 Å². The van der Waals surface area contributed by atoms with Gasteiger partial charge in [-0.15, -0.1) is 0 Å². The zero-order chi connectivity index (χ0) is 25.4. The molecule has 36 heavy (non-hydrogen) atoms. The molecule has 10 heteroatoms. The summed E-state index contributed by atoms with van der Waals surface area (Å²) in [6.07, 6.45) is 5.34. The van der Waals surface area contributed by atoms with E-state index in [1.165, 1.54) is 6.20 Å². The number of benzene rings is 1. The summed E-state index contributed by atoms with van der Waals surface area (Å²) in [6, 6.07) is 5.98. The molecule has 1 aromatic rings. The second-order valence-corrected chi connectivity index (χ2v) is 10.2. The first kappa shape index (κ1) is 24.1. The molecule has 1 aromatic carbocycles. The molecule has 2 N–H and O–H groups in total. The van der Waals surface area contributed by atoms with Gasteiger partial charge in [-0.1, -0.05) is 6.07 Å². The number of hydrogen-bond acceptors (Lipinski definition) is 7. The summed E-state index contributed by atoms with van der Waals surface area (Å²) in [6.45, 7) is 8.28. The number of hydroxylamine groups is 2. The molecule has 1 fully saturated rings. The van der Waals surface area contributed by atoms with Gasteiger partial charge in [0, 0.05) is 23.4 Å². The molecule has 1 saturated carbocycles. The number of nitrogens with zero attached hydrogens (tertiary/aromatic N) is 4. The van der Waals surface area contributed by atoms with E-state index in [4.69, 9.17) is 19.2 Å². The topological polar surface area (TPSA) is 117 Å². The van der Waals surface area contributed by atoms with E-state index in [9.17, 15) is 10.0 Å². The summed E-state index contributed by atoms with van der Waals surface area (Å²) >= 11 is 0. The summed E-state index contributed by atoms with van der Waals surface area (Å²) in [7, 11) is 0. The molecular weight excluding hydrogens is 462 g/mol. The number of aliphatic imine (C=N–C) groups is 2. The van der Waals surface area contributed by atoms with Gasteiger partial charge in [-0.2, -0.15) is 5.06 Å². The van der Waals surface area contributed by atoms with Crippen LogP contribution in [0.25, 0.3) is 5.57 Å². The van der Waals surface area contributed by atoms with Crippen molar-refractivity contribution in [2.24, 2.45) is 15.0 Å². The Morgan fingerprint density at radius 1 is 1.22 bits per heavy atom. The van der Waals surface area contributed by atoms with Gasteiger partial charge in [0.25, 0.3) is 5.88 Å². The van der Waals surface area contributed by atoms with Crippen molar-refractivity contribution in [3.05, 3.63) is 58.3 Å². The lowest BCUT2D eigenvalue weighted by Crippen LogP contribution is -2.38. The number of fused-ring (bicyclic) bond motifs is 1. The number of carbonyl (C=O) groups excluding carboxylic acids is 1. The molecule has 10 nitrogen and oxygen atoms in total. The predicted molar refractivity (Wildman–Crippen MR) is 133 cm³/mol. The Morgan fingerprint density at radius 3 is 2.83 bits per heavy atom. The quantitative estimate of drug-likeness (QED) is 0.654. The Labute approximate surface area is 209 Å². The molecule has 1 aliphatic carbocycles. The monoisotopic (exact) mass is 493 g/mol. The van der Waals surface area contributed by atoms with E-state index in [0.717, 1.165) is 51.7 Å². The second-order valence-electron chi connectivity index (χ2n) is 10.2. The van der Waals surface area contributed by atoms with Crippen molar-refractivity contribution in [3.8, 4) is 0 Å². The maximum atomic E-state index is 12.1. The minimum absolute atomic E-state index is 0.0262. The number of amides is 1. The number of ether oxygens (including phenoxy) is 3. The third-order valence-electron chi connectivity index (χ3n) is 6.21. The number of allylic oxidation sites excluding steroid dienone is 1. The van der Waals surface area contributed by atoms with Crippen molar-refractivity contribution >= 4 is 23.3 Å². The molecule has 4 aliphatic rings. The predicted octanol–water partition coefficient (Wildman–Crippen LogP) is 2.52. The minimum Gasteiger partial charge on any atom is -0.484 e. The summed E-state index contributed by atoms with van der Waals surface area (Å²) in [4.78, 5) is 26.2. The fourth-order valence-electron chi connectivity index (χ4n) is 4.62.